The van der Waals surface area contributed by atoms with E-state index >= 15 is 0 Å². The number of hydrogen-bond acceptors (Lipinski definition) is 3. The number of aryl methyl sites for hydroxylation is 1. The minimum atomic E-state index is -0.913. The molecule has 110 valence electrons. The van der Waals surface area contributed by atoms with Gasteiger partial charge in [-0.1, -0.05) is 31.2 Å². The summed E-state index contributed by atoms with van der Waals surface area (Å²) >= 11 is 0. The van der Waals surface area contributed by atoms with Gasteiger partial charge in [-0.25, -0.2) is 0 Å². The van der Waals surface area contributed by atoms with Crippen molar-refractivity contribution >= 4 is 16.8 Å². The molecule has 2 rings (SSSR count). The van der Waals surface area contributed by atoms with E-state index in [1.165, 1.54) is 12.7 Å². The van der Waals surface area contributed by atoms with Crippen LogP contribution in [0, 0.1) is 5.41 Å². The van der Waals surface area contributed by atoms with Gasteiger partial charge >= 0.3 is 5.97 Å². The van der Waals surface area contributed by atoms with E-state index in [1.807, 2.05) is 0 Å². The van der Waals surface area contributed by atoms with E-state index in [0.717, 1.165) is 24.8 Å². The Hall–Kier alpha value is -1.16. The van der Waals surface area contributed by atoms with Crippen LogP contribution >= 0.6 is 0 Å². The molecule has 0 heterocycles. The van der Waals surface area contributed by atoms with Crippen LogP contribution in [0.4, 0.5) is 0 Å². The van der Waals surface area contributed by atoms with Gasteiger partial charge in [0.2, 0.25) is 0 Å². The van der Waals surface area contributed by atoms with E-state index in [4.69, 9.17) is 4.74 Å². The minimum absolute atomic E-state index is 0.0543. The predicted octanol–water partition coefficient (Wildman–Crippen LogP) is 2.84. The summed E-state index contributed by atoms with van der Waals surface area (Å²) in [6.07, 6.45) is 3.40. The Bertz CT molecular complexity index is 489. The maximum absolute atomic E-state index is 12.3. The number of methoxy groups -OCH3 is 1. The van der Waals surface area contributed by atoms with Gasteiger partial charge in [-0.2, -0.15) is 0 Å². The van der Waals surface area contributed by atoms with Crippen molar-refractivity contribution in [1.29, 1.82) is 0 Å². The fourth-order valence-corrected chi connectivity index (χ4v) is 4.12. The Morgan fingerprint density at radius 2 is 1.85 bits per heavy atom. The molecule has 20 heavy (non-hydrogen) atoms. The number of benzene rings is 1. The Labute approximate surface area is 123 Å². The predicted molar refractivity (Wildman–Crippen MR) is 80.8 cm³/mol. The number of esters is 1. The summed E-state index contributed by atoms with van der Waals surface area (Å²) in [5.41, 5.74) is 2.35. The third-order valence-corrected chi connectivity index (χ3v) is 5.52. The summed E-state index contributed by atoms with van der Waals surface area (Å²) in [5.74, 6) is 0.997. The van der Waals surface area contributed by atoms with Crippen LogP contribution in [-0.2, 0) is 32.5 Å². The minimum Gasteiger partial charge on any atom is -0.469 e. The first-order valence-corrected chi connectivity index (χ1v) is 8.55. The maximum atomic E-state index is 12.3. The van der Waals surface area contributed by atoms with E-state index in [2.05, 4.69) is 31.2 Å². The molecule has 0 spiro atoms. The van der Waals surface area contributed by atoms with Gasteiger partial charge in [0.25, 0.3) is 0 Å². The molecule has 1 fully saturated rings. The number of hydrogen-bond donors (Lipinski definition) is 0. The molecule has 1 aliphatic rings. The Morgan fingerprint density at radius 3 is 2.35 bits per heavy atom. The normalized spacial score (nSPS) is 17.5. The second kappa shape index (κ2) is 6.53. The summed E-state index contributed by atoms with van der Waals surface area (Å²) in [7, 11) is 0.495. The highest BCUT2D eigenvalue weighted by Crippen LogP contribution is 2.49. The number of carbonyl (C=O) groups is 1. The van der Waals surface area contributed by atoms with Gasteiger partial charge in [-0.05, 0) is 35.8 Å². The smallest absolute Gasteiger partial charge is 0.306 e. The lowest BCUT2D eigenvalue weighted by Gasteiger charge is -2.13. The molecule has 1 unspecified atom stereocenters. The number of carbonyl (C=O) groups excluding carboxylic acids is 1. The summed E-state index contributed by atoms with van der Waals surface area (Å²) in [4.78, 5) is 11.4. The number of ether oxygens (including phenoxy) is 1. The zero-order valence-electron chi connectivity index (χ0n) is 12.2. The molecular formula is C16H22O3S. The fourth-order valence-electron chi connectivity index (χ4n) is 2.38. The Balaban J connectivity index is 1.87. The third kappa shape index (κ3) is 4.17. The van der Waals surface area contributed by atoms with Crippen LogP contribution in [0.1, 0.15) is 37.3 Å². The second-order valence-corrected chi connectivity index (χ2v) is 7.11. The molecule has 4 heteroatoms. The molecule has 1 atom stereocenters. The van der Waals surface area contributed by atoms with Crippen molar-refractivity contribution in [3.8, 4) is 0 Å². The van der Waals surface area contributed by atoms with Crippen molar-refractivity contribution < 1.29 is 13.7 Å². The molecule has 0 saturated heterocycles. The van der Waals surface area contributed by atoms with E-state index in [9.17, 15) is 9.00 Å². The standard InChI is InChI=1S/C16H22O3S/c1-3-13-4-6-14(7-5-13)11-20(18)12-16(8-9-16)10-15(17)19-2/h4-7H,3,8-12H2,1-2H3. The molecule has 0 amide bonds. The van der Waals surface area contributed by atoms with E-state index < -0.39 is 10.8 Å². The molecule has 1 aromatic carbocycles. The molecule has 1 aliphatic carbocycles. The Morgan fingerprint density at radius 1 is 1.25 bits per heavy atom. The van der Waals surface area contributed by atoms with Gasteiger partial charge < -0.3 is 4.74 Å². The third-order valence-electron chi connectivity index (χ3n) is 3.93. The van der Waals surface area contributed by atoms with Crippen molar-refractivity contribution in [2.75, 3.05) is 12.9 Å². The first-order chi connectivity index (χ1) is 9.57. The molecular weight excluding hydrogens is 272 g/mol. The number of rotatable bonds is 7. The van der Waals surface area contributed by atoms with E-state index in [-0.39, 0.29) is 11.4 Å². The molecule has 0 bridgehead atoms. The molecule has 0 radical (unpaired) electrons. The zero-order valence-corrected chi connectivity index (χ0v) is 13.0. The average molecular weight is 294 g/mol. The van der Waals surface area contributed by atoms with Crippen molar-refractivity contribution in [2.45, 2.75) is 38.4 Å². The summed E-state index contributed by atoms with van der Waals surface area (Å²) < 4.78 is 17.0. The first kappa shape index (κ1) is 15.2. The highest BCUT2D eigenvalue weighted by atomic mass is 32.2. The van der Waals surface area contributed by atoms with Crippen molar-refractivity contribution in [3.63, 3.8) is 0 Å². The van der Waals surface area contributed by atoms with Gasteiger partial charge in [0.1, 0.15) is 0 Å². The fraction of sp³-hybridized carbons (Fsp3) is 0.562. The lowest BCUT2D eigenvalue weighted by molar-refractivity contribution is -0.141. The van der Waals surface area contributed by atoms with Crippen LogP contribution in [0.25, 0.3) is 0 Å². The molecule has 1 saturated carbocycles. The van der Waals surface area contributed by atoms with Crippen LogP contribution in [-0.4, -0.2) is 23.0 Å². The summed E-state index contributed by atoms with van der Waals surface area (Å²) in [6, 6.07) is 8.29. The first-order valence-electron chi connectivity index (χ1n) is 7.06. The largest absolute Gasteiger partial charge is 0.469 e. The molecule has 3 nitrogen and oxygen atoms in total. The lowest BCUT2D eigenvalue weighted by atomic mass is 10.1. The average Bonchev–Trinajstić information content (AvgIpc) is 3.18. The van der Waals surface area contributed by atoms with E-state index in [0.29, 0.717) is 17.9 Å². The van der Waals surface area contributed by atoms with Crippen LogP contribution in [0.2, 0.25) is 0 Å². The molecule has 0 aromatic heterocycles. The highest BCUT2D eigenvalue weighted by molar-refractivity contribution is 7.84. The van der Waals surface area contributed by atoms with Crippen LogP contribution in [0.15, 0.2) is 24.3 Å². The maximum Gasteiger partial charge on any atom is 0.306 e. The van der Waals surface area contributed by atoms with Gasteiger partial charge in [-0.15, -0.1) is 0 Å². The topological polar surface area (TPSA) is 43.4 Å². The Kier molecular flexibility index (Phi) is 4.97. The van der Waals surface area contributed by atoms with E-state index in [1.54, 1.807) is 0 Å². The summed E-state index contributed by atoms with van der Waals surface area (Å²) in [5, 5.41) is 0. The molecule has 0 aliphatic heterocycles. The van der Waals surface area contributed by atoms with Crippen LogP contribution < -0.4 is 0 Å². The highest BCUT2D eigenvalue weighted by Gasteiger charge is 2.45. The van der Waals surface area contributed by atoms with Crippen LogP contribution in [0.5, 0.6) is 0 Å². The zero-order chi connectivity index (χ0) is 14.6. The van der Waals surface area contributed by atoms with Gasteiger partial charge in [0, 0.05) is 22.3 Å². The monoisotopic (exact) mass is 294 g/mol. The van der Waals surface area contributed by atoms with Crippen molar-refractivity contribution in [2.24, 2.45) is 5.41 Å². The molecule has 0 N–H and O–H groups in total. The molecule has 1 aromatic rings. The lowest BCUT2D eigenvalue weighted by Crippen LogP contribution is -2.18. The van der Waals surface area contributed by atoms with Crippen LogP contribution in [0.3, 0.4) is 0 Å². The quantitative estimate of drug-likeness (QED) is 0.726. The SMILES string of the molecule is CCc1ccc(CS(=O)CC2(CC(=O)OC)CC2)cc1. The van der Waals surface area contributed by atoms with Gasteiger partial charge in [0.05, 0.1) is 13.5 Å². The van der Waals surface area contributed by atoms with Gasteiger partial charge in [0.15, 0.2) is 0 Å². The van der Waals surface area contributed by atoms with Crippen molar-refractivity contribution in [3.05, 3.63) is 35.4 Å². The van der Waals surface area contributed by atoms with Gasteiger partial charge in [-0.3, -0.25) is 9.00 Å². The van der Waals surface area contributed by atoms with Crippen molar-refractivity contribution in [1.82, 2.24) is 0 Å². The second-order valence-electron chi connectivity index (χ2n) is 5.65. The summed E-state index contributed by atoms with van der Waals surface area (Å²) in [6.45, 7) is 2.12.